The van der Waals surface area contributed by atoms with Gasteiger partial charge in [0, 0.05) is 13.0 Å². The SMILES string of the molecule is [3H]C1CC[C@@H](CC(F)(F)P(=O)(O)O)O1. The van der Waals surface area contributed by atoms with Crippen LogP contribution in [0.5, 0.6) is 0 Å². The van der Waals surface area contributed by atoms with Crippen molar-refractivity contribution in [2.45, 2.75) is 31.0 Å². The number of hydrogen-bond acceptors (Lipinski definition) is 2. The first-order valence-corrected chi connectivity index (χ1v) is 5.35. The molecule has 0 aliphatic carbocycles. The monoisotopic (exact) mass is 218 g/mol. The molecular formula is C6H11F2O4P. The zero-order valence-corrected chi connectivity index (χ0v) is 7.58. The van der Waals surface area contributed by atoms with E-state index in [2.05, 4.69) is 0 Å². The van der Waals surface area contributed by atoms with Gasteiger partial charge in [0.15, 0.2) is 0 Å². The average Bonchev–Trinajstić information content (AvgIpc) is 2.31. The van der Waals surface area contributed by atoms with Crippen molar-refractivity contribution in [3.63, 3.8) is 0 Å². The van der Waals surface area contributed by atoms with Crippen LogP contribution in [0.25, 0.3) is 0 Å². The van der Waals surface area contributed by atoms with Crippen molar-refractivity contribution in [2.24, 2.45) is 0 Å². The van der Waals surface area contributed by atoms with Crippen LogP contribution in [-0.4, -0.2) is 28.1 Å². The highest BCUT2D eigenvalue weighted by Gasteiger charge is 2.50. The van der Waals surface area contributed by atoms with Gasteiger partial charge in [0.1, 0.15) is 0 Å². The van der Waals surface area contributed by atoms with Gasteiger partial charge in [0.05, 0.1) is 7.47 Å². The molecule has 1 unspecified atom stereocenters. The molecule has 0 aromatic carbocycles. The summed E-state index contributed by atoms with van der Waals surface area (Å²) in [5.41, 5.74) is -4.05. The van der Waals surface area contributed by atoms with Crippen molar-refractivity contribution >= 4 is 7.60 Å². The Bertz CT molecular complexity index is 256. The second kappa shape index (κ2) is 3.61. The van der Waals surface area contributed by atoms with E-state index < -0.39 is 32.4 Å². The summed E-state index contributed by atoms with van der Waals surface area (Å²) in [4.78, 5) is 16.7. The maximum absolute atomic E-state index is 12.8. The molecule has 2 atom stereocenters. The Hall–Kier alpha value is -0.0300. The second-order valence-electron chi connectivity index (χ2n) is 2.92. The van der Waals surface area contributed by atoms with Crippen molar-refractivity contribution < 1.29 is 29.2 Å². The van der Waals surface area contributed by atoms with Crippen molar-refractivity contribution in [3.8, 4) is 0 Å². The van der Waals surface area contributed by atoms with Crippen LogP contribution >= 0.6 is 7.60 Å². The topological polar surface area (TPSA) is 66.8 Å². The molecule has 1 fully saturated rings. The van der Waals surface area contributed by atoms with Gasteiger partial charge in [-0.05, 0) is 12.8 Å². The Morgan fingerprint density at radius 1 is 1.69 bits per heavy atom. The molecule has 78 valence electrons. The van der Waals surface area contributed by atoms with E-state index in [4.69, 9.17) is 15.9 Å². The van der Waals surface area contributed by atoms with Crippen LogP contribution in [0.2, 0.25) is 0 Å². The molecule has 0 spiro atoms. The van der Waals surface area contributed by atoms with Gasteiger partial charge in [-0.1, -0.05) is 0 Å². The van der Waals surface area contributed by atoms with Crippen molar-refractivity contribution in [2.75, 3.05) is 6.58 Å². The van der Waals surface area contributed by atoms with Gasteiger partial charge in [-0.3, -0.25) is 4.57 Å². The predicted molar refractivity (Wildman–Crippen MR) is 40.6 cm³/mol. The molecule has 0 radical (unpaired) electrons. The molecule has 2 N–H and O–H groups in total. The molecule has 13 heavy (non-hydrogen) atoms. The Morgan fingerprint density at radius 2 is 2.31 bits per heavy atom. The Balaban J connectivity index is 2.56. The van der Waals surface area contributed by atoms with E-state index in [1.165, 1.54) is 0 Å². The fraction of sp³-hybridized carbons (Fsp3) is 1.00. The fourth-order valence-corrected chi connectivity index (χ4v) is 1.51. The molecule has 0 aromatic heterocycles. The minimum absolute atomic E-state index is 0.240. The summed E-state index contributed by atoms with van der Waals surface area (Å²) in [5.74, 6) is 0. The van der Waals surface area contributed by atoms with E-state index in [-0.39, 0.29) is 6.42 Å². The van der Waals surface area contributed by atoms with Crippen LogP contribution in [0, 0.1) is 0 Å². The Labute approximate surface area is 75.5 Å². The van der Waals surface area contributed by atoms with E-state index in [0.29, 0.717) is 6.42 Å². The standard InChI is InChI=1S/C6H11F2O4P/c7-6(8,13(9,10)11)4-5-2-1-3-12-5/h5H,1-4H2,(H2,9,10,11)/t5-/m0/s1/i3T/t3?,5-. The number of rotatable bonds is 3. The molecule has 1 aliphatic heterocycles. The van der Waals surface area contributed by atoms with Crippen LogP contribution in [0.4, 0.5) is 8.78 Å². The van der Waals surface area contributed by atoms with Crippen molar-refractivity contribution in [3.05, 3.63) is 0 Å². The molecular weight excluding hydrogens is 205 g/mol. The molecule has 0 saturated carbocycles. The summed E-state index contributed by atoms with van der Waals surface area (Å²) in [7, 11) is -5.42. The lowest BCUT2D eigenvalue weighted by atomic mass is 10.2. The van der Waals surface area contributed by atoms with E-state index in [1.807, 2.05) is 0 Å². The molecule has 1 saturated heterocycles. The minimum Gasteiger partial charge on any atom is -0.378 e. The van der Waals surface area contributed by atoms with Crippen LogP contribution in [0.1, 0.15) is 20.6 Å². The van der Waals surface area contributed by atoms with Gasteiger partial charge in [-0.15, -0.1) is 0 Å². The highest BCUT2D eigenvalue weighted by molar-refractivity contribution is 7.53. The maximum Gasteiger partial charge on any atom is 0.394 e. The minimum atomic E-state index is -5.42. The van der Waals surface area contributed by atoms with Gasteiger partial charge < -0.3 is 14.5 Å². The summed E-state index contributed by atoms with van der Waals surface area (Å²) in [6.45, 7) is -0.854. The van der Waals surface area contributed by atoms with Crippen LogP contribution in [-0.2, 0) is 9.30 Å². The number of ether oxygens (including phenoxy) is 1. The summed E-state index contributed by atoms with van der Waals surface area (Å²) >= 11 is 0. The largest absolute Gasteiger partial charge is 0.394 e. The second-order valence-corrected chi connectivity index (χ2v) is 4.66. The first-order chi connectivity index (χ1) is 6.22. The maximum atomic E-state index is 12.8. The lowest BCUT2D eigenvalue weighted by molar-refractivity contribution is -0.00565. The fourth-order valence-electron chi connectivity index (χ4n) is 1.07. The van der Waals surface area contributed by atoms with Crippen molar-refractivity contribution in [1.29, 1.82) is 0 Å². The lowest BCUT2D eigenvalue weighted by Crippen LogP contribution is -2.23. The van der Waals surface area contributed by atoms with E-state index >= 15 is 0 Å². The van der Waals surface area contributed by atoms with Crippen LogP contribution in [0.15, 0.2) is 0 Å². The summed E-state index contributed by atoms with van der Waals surface area (Å²) in [6, 6.07) is 0. The summed E-state index contributed by atoms with van der Waals surface area (Å²) < 4.78 is 47.8. The normalized spacial score (nSPS) is 31.8. The van der Waals surface area contributed by atoms with Gasteiger partial charge in [-0.25, -0.2) is 0 Å². The zero-order chi connectivity index (χ0) is 11.0. The first kappa shape index (κ1) is 9.52. The Kier molecular flexibility index (Phi) is 2.65. The highest BCUT2D eigenvalue weighted by atomic mass is 31.2. The quantitative estimate of drug-likeness (QED) is 0.701. The van der Waals surface area contributed by atoms with Gasteiger partial charge in [-0.2, -0.15) is 8.78 Å². The van der Waals surface area contributed by atoms with Crippen molar-refractivity contribution in [1.82, 2.24) is 0 Å². The molecule has 1 aliphatic rings. The average molecular weight is 218 g/mol. The van der Waals surface area contributed by atoms with E-state index in [9.17, 15) is 13.3 Å². The van der Waals surface area contributed by atoms with E-state index in [1.54, 1.807) is 0 Å². The molecule has 0 amide bonds. The predicted octanol–water partition coefficient (Wildman–Crippen LogP) is 1.33. The molecule has 0 bridgehead atoms. The summed E-state index contributed by atoms with van der Waals surface area (Å²) in [6.07, 6.45) is -1.39. The van der Waals surface area contributed by atoms with E-state index in [0.717, 1.165) is 0 Å². The molecule has 4 nitrogen and oxygen atoms in total. The van der Waals surface area contributed by atoms with Gasteiger partial charge in [0.2, 0.25) is 0 Å². The van der Waals surface area contributed by atoms with Crippen LogP contribution in [0.3, 0.4) is 0 Å². The van der Waals surface area contributed by atoms with Gasteiger partial charge in [0.25, 0.3) is 0 Å². The smallest absolute Gasteiger partial charge is 0.378 e. The Morgan fingerprint density at radius 3 is 2.69 bits per heavy atom. The number of alkyl halides is 2. The zero-order valence-electron chi connectivity index (χ0n) is 7.69. The first-order valence-electron chi connectivity index (χ1n) is 4.31. The third kappa shape index (κ3) is 2.71. The van der Waals surface area contributed by atoms with Crippen LogP contribution < -0.4 is 0 Å². The third-order valence-corrected chi connectivity index (χ3v) is 2.83. The molecule has 0 aromatic rings. The summed E-state index contributed by atoms with van der Waals surface area (Å²) in [5, 5.41) is 0. The molecule has 1 heterocycles. The van der Waals surface area contributed by atoms with Gasteiger partial charge >= 0.3 is 13.3 Å². The lowest BCUT2D eigenvalue weighted by Gasteiger charge is -2.20. The number of halogens is 2. The highest BCUT2D eigenvalue weighted by Crippen LogP contribution is 2.55. The third-order valence-electron chi connectivity index (χ3n) is 1.79. The number of hydrogen-bond donors (Lipinski definition) is 2. The molecule has 1 rings (SSSR count). The molecule has 7 heteroatoms.